The van der Waals surface area contributed by atoms with Crippen LogP contribution < -0.4 is 0 Å². The van der Waals surface area contributed by atoms with E-state index in [1.54, 1.807) is 12.1 Å². The number of carbonyl (C=O) groups is 1. The molecule has 3 rings (SSSR count). The fourth-order valence-corrected chi connectivity index (χ4v) is 3.52. The molecule has 1 aliphatic rings. The molecule has 2 aromatic rings. The number of benzene rings is 1. The van der Waals surface area contributed by atoms with Gasteiger partial charge in [0.25, 0.3) is 0 Å². The molecule has 0 bridgehead atoms. The Morgan fingerprint density at radius 2 is 2.04 bits per heavy atom. The van der Waals surface area contributed by atoms with E-state index in [0.717, 1.165) is 49.3 Å². The summed E-state index contributed by atoms with van der Waals surface area (Å²) in [5, 5.41) is 4.43. The minimum absolute atomic E-state index is 0.0896. The smallest absolute Gasteiger partial charge is 0.223 e. The first-order valence-corrected chi connectivity index (χ1v) is 8.60. The Balaban J connectivity index is 1.57. The van der Waals surface area contributed by atoms with Crippen LogP contribution in [0.1, 0.15) is 48.7 Å². The molecule has 0 aliphatic carbocycles. The normalized spacial score (nSPS) is 17.5. The van der Waals surface area contributed by atoms with Crippen LogP contribution in [0, 0.1) is 19.7 Å². The lowest BCUT2D eigenvalue weighted by Gasteiger charge is -2.25. The number of aryl methyl sites for hydroxylation is 3. The van der Waals surface area contributed by atoms with Crippen molar-refractivity contribution in [3.63, 3.8) is 0 Å². The van der Waals surface area contributed by atoms with E-state index in [4.69, 9.17) is 0 Å². The summed E-state index contributed by atoms with van der Waals surface area (Å²) in [6.07, 6.45) is 3.27. The quantitative estimate of drug-likeness (QED) is 0.837. The van der Waals surface area contributed by atoms with Gasteiger partial charge in [-0.2, -0.15) is 5.10 Å². The Morgan fingerprint density at radius 3 is 2.71 bits per heavy atom. The molecule has 2 heterocycles. The van der Waals surface area contributed by atoms with Crippen LogP contribution in [0.15, 0.2) is 30.3 Å². The molecule has 1 fully saturated rings. The summed E-state index contributed by atoms with van der Waals surface area (Å²) in [5.41, 5.74) is 3.17. The van der Waals surface area contributed by atoms with E-state index in [1.165, 1.54) is 12.1 Å². The average molecular weight is 329 g/mol. The summed E-state index contributed by atoms with van der Waals surface area (Å²) in [6, 6.07) is 8.67. The third kappa shape index (κ3) is 3.66. The van der Waals surface area contributed by atoms with Crippen molar-refractivity contribution in [3.8, 4) is 0 Å². The maximum Gasteiger partial charge on any atom is 0.223 e. The van der Waals surface area contributed by atoms with Crippen molar-refractivity contribution >= 4 is 5.91 Å². The van der Waals surface area contributed by atoms with Gasteiger partial charge in [-0.05, 0) is 56.9 Å². The van der Waals surface area contributed by atoms with Gasteiger partial charge >= 0.3 is 0 Å². The van der Waals surface area contributed by atoms with Gasteiger partial charge < -0.3 is 4.90 Å². The fraction of sp³-hybridized carbons (Fsp3) is 0.474. The van der Waals surface area contributed by atoms with Crippen molar-refractivity contribution in [2.75, 3.05) is 6.54 Å². The summed E-state index contributed by atoms with van der Waals surface area (Å²) >= 11 is 0. The van der Waals surface area contributed by atoms with Gasteiger partial charge in [-0.15, -0.1) is 0 Å². The van der Waals surface area contributed by atoms with E-state index in [1.807, 2.05) is 29.5 Å². The Bertz CT molecular complexity index is 708. The highest BCUT2D eigenvalue weighted by atomic mass is 19.1. The first-order valence-electron chi connectivity index (χ1n) is 8.60. The first kappa shape index (κ1) is 16.7. The van der Waals surface area contributed by atoms with E-state index in [0.29, 0.717) is 6.42 Å². The molecule has 4 nitrogen and oxygen atoms in total. The number of amides is 1. The summed E-state index contributed by atoms with van der Waals surface area (Å²) in [5.74, 6) is -0.0529. The molecular weight excluding hydrogens is 305 g/mol. The molecule has 0 spiro atoms. The van der Waals surface area contributed by atoms with Gasteiger partial charge in [0.05, 0.1) is 11.7 Å². The highest BCUT2D eigenvalue weighted by molar-refractivity contribution is 5.77. The van der Waals surface area contributed by atoms with Gasteiger partial charge in [0, 0.05) is 25.2 Å². The minimum atomic E-state index is -0.237. The van der Waals surface area contributed by atoms with Crippen LogP contribution in [-0.4, -0.2) is 27.1 Å². The lowest BCUT2D eigenvalue weighted by molar-refractivity contribution is -0.132. The number of hydrogen-bond donors (Lipinski definition) is 0. The van der Waals surface area contributed by atoms with Gasteiger partial charge in [0.2, 0.25) is 5.91 Å². The molecule has 0 saturated carbocycles. The average Bonchev–Trinajstić information content (AvgIpc) is 3.15. The first-order chi connectivity index (χ1) is 11.5. The fourth-order valence-electron chi connectivity index (χ4n) is 3.52. The second kappa shape index (κ2) is 7.16. The standard InChI is InChI=1S/C19H24FN3O/c1-14-13-15(2)23(21-14)12-4-6-19(24)22-11-3-5-18(22)16-7-9-17(20)10-8-16/h7-10,13,18H,3-6,11-12H2,1-2H3/t18-/m0/s1. The van der Waals surface area contributed by atoms with Crippen LogP contribution in [0.25, 0.3) is 0 Å². The Morgan fingerprint density at radius 1 is 1.29 bits per heavy atom. The lowest BCUT2D eigenvalue weighted by Crippen LogP contribution is -2.30. The molecule has 24 heavy (non-hydrogen) atoms. The summed E-state index contributed by atoms with van der Waals surface area (Å²) in [4.78, 5) is 14.6. The number of rotatable bonds is 5. The molecule has 1 amide bonds. The largest absolute Gasteiger partial charge is 0.336 e. The second-order valence-electron chi connectivity index (χ2n) is 6.55. The van der Waals surface area contributed by atoms with E-state index < -0.39 is 0 Å². The third-order valence-corrected chi connectivity index (χ3v) is 4.69. The summed E-state index contributed by atoms with van der Waals surface area (Å²) in [6.45, 7) is 5.57. The molecule has 5 heteroatoms. The number of hydrogen-bond acceptors (Lipinski definition) is 2. The van der Waals surface area contributed by atoms with Crippen LogP contribution in [0.5, 0.6) is 0 Å². The number of nitrogens with zero attached hydrogens (tertiary/aromatic N) is 3. The third-order valence-electron chi connectivity index (χ3n) is 4.69. The highest BCUT2D eigenvalue weighted by Crippen LogP contribution is 2.32. The van der Waals surface area contributed by atoms with Crippen molar-refractivity contribution < 1.29 is 9.18 Å². The summed E-state index contributed by atoms with van der Waals surface area (Å²) in [7, 11) is 0. The number of carbonyl (C=O) groups excluding carboxylic acids is 1. The molecule has 1 atom stereocenters. The zero-order chi connectivity index (χ0) is 17.1. The molecule has 128 valence electrons. The maximum absolute atomic E-state index is 13.1. The zero-order valence-electron chi connectivity index (χ0n) is 14.3. The SMILES string of the molecule is Cc1cc(C)n(CCCC(=O)N2CCC[C@H]2c2ccc(F)cc2)n1. The Kier molecular flexibility index (Phi) is 4.97. The van der Waals surface area contributed by atoms with Crippen LogP contribution in [-0.2, 0) is 11.3 Å². The topological polar surface area (TPSA) is 38.1 Å². The minimum Gasteiger partial charge on any atom is -0.336 e. The van der Waals surface area contributed by atoms with Gasteiger partial charge in [0.1, 0.15) is 5.82 Å². The van der Waals surface area contributed by atoms with Crippen LogP contribution in [0.2, 0.25) is 0 Å². The van der Waals surface area contributed by atoms with Crippen molar-refractivity contribution in [1.82, 2.24) is 14.7 Å². The van der Waals surface area contributed by atoms with Gasteiger partial charge in [0.15, 0.2) is 0 Å². The predicted octanol–water partition coefficient (Wildman–Crippen LogP) is 3.78. The highest BCUT2D eigenvalue weighted by Gasteiger charge is 2.29. The lowest BCUT2D eigenvalue weighted by atomic mass is 10.0. The Labute approximate surface area is 142 Å². The van der Waals surface area contributed by atoms with Gasteiger partial charge in [-0.25, -0.2) is 4.39 Å². The van der Waals surface area contributed by atoms with Crippen LogP contribution >= 0.6 is 0 Å². The van der Waals surface area contributed by atoms with E-state index in [9.17, 15) is 9.18 Å². The van der Waals surface area contributed by atoms with Crippen LogP contribution in [0.3, 0.4) is 0 Å². The van der Waals surface area contributed by atoms with Gasteiger partial charge in [-0.3, -0.25) is 9.48 Å². The molecule has 0 N–H and O–H groups in total. The molecule has 1 aromatic heterocycles. The van der Waals surface area contributed by atoms with Crippen molar-refractivity contribution in [3.05, 3.63) is 53.1 Å². The van der Waals surface area contributed by atoms with E-state index in [2.05, 4.69) is 5.10 Å². The van der Waals surface area contributed by atoms with Crippen molar-refractivity contribution in [2.24, 2.45) is 0 Å². The number of likely N-dealkylation sites (tertiary alicyclic amines) is 1. The summed E-state index contributed by atoms with van der Waals surface area (Å²) < 4.78 is 15.1. The predicted molar refractivity (Wildman–Crippen MR) is 91.0 cm³/mol. The second-order valence-corrected chi connectivity index (χ2v) is 6.55. The maximum atomic E-state index is 13.1. The Hall–Kier alpha value is -2.17. The van der Waals surface area contributed by atoms with Gasteiger partial charge in [-0.1, -0.05) is 12.1 Å². The van der Waals surface area contributed by atoms with E-state index in [-0.39, 0.29) is 17.8 Å². The molecular formula is C19H24FN3O. The number of aromatic nitrogens is 2. The number of halogens is 1. The zero-order valence-corrected chi connectivity index (χ0v) is 14.3. The molecule has 0 radical (unpaired) electrons. The van der Waals surface area contributed by atoms with Crippen molar-refractivity contribution in [1.29, 1.82) is 0 Å². The van der Waals surface area contributed by atoms with Crippen molar-refractivity contribution in [2.45, 2.75) is 52.1 Å². The molecule has 1 saturated heterocycles. The molecule has 1 aliphatic heterocycles. The molecule has 1 aromatic carbocycles. The molecule has 0 unspecified atom stereocenters. The van der Waals surface area contributed by atoms with E-state index >= 15 is 0 Å². The van der Waals surface area contributed by atoms with Crippen LogP contribution in [0.4, 0.5) is 4.39 Å². The monoisotopic (exact) mass is 329 g/mol.